The number of benzene rings is 1. The molecule has 3 nitrogen and oxygen atoms in total. The summed E-state index contributed by atoms with van der Waals surface area (Å²) in [6, 6.07) is 3.41. The molecule has 0 radical (unpaired) electrons. The Morgan fingerprint density at radius 2 is 1.74 bits per heavy atom. The van der Waals surface area contributed by atoms with Gasteiger partial charge in [0, 0.05) is 11.6 Å². The Bertz CT molecular complexity index is 438. The van der Waals surface area contributed by atoms with E-state index in [9.17, 15) is 13.2 Å². The standard InChI is InChI=1S/C13H18F3NO2/c1-12(2,3)11(17)9-7-8(19-13(14,15)16)5-6-10(9)18-4/h5-7,11H,17H2,1-4H3/t11-/m1/s1. The molecule has 0 aromatic heterocycles. The Balaban J connectivity index is 3.17. The van der Waals surface area contributed by atoms with Crippen LogP contribution in [0.3, 0.4) is 0 Å². The lowest BCUT2D eigenvalue weighted by Crippen LogP contribution is -2.27. The van der Waals surface area contributed by atoms with E-state index in [4.69, 9.17) is 10.5 Å². The van der Waals surface area contributed by atoms with Crippen LogP contribution in [0, 0.1) is 5.41 Å². The molecular weight excluding hydrogens is 259 g/mol. The van der Waals surface area contributed by atoms with Crippen molar-refractivity contribution in [3.63, 3.8) is 0 Å². The lowest BCUT2D eigenvalue weighted by molar-refractivity contribution is -0.274. The van der Waals surface area contributed by atoms with E-state index in [1.807, 2.05) is 20.8 Å². The Morgan fingerprint density at radius 3 is 2.16 bits per heavy atom. The smallest absolute Gasteiger partial charge is 0.496 e. The monoisotopic (exact) mass is 277 g/mol. The molecule has 19 heavy (non-hydrogen) atoms. The second-order valence-corrected chi connectivity index (χ2v) is 5.30. The number of rotatable bonds is 3. The van der Waals surface area contributed by atoms with Gasteiger partial charge in [-0.3, -0.25) is 0 Å². The molecule has 0 unspecified atom stereocenters. The fraction of sp³-hybridized carbons (Fsp3) is 0.538. The van der Waals surface area contributed by atoms with Crippen molar-refractivity contribution >= 4 is 0 Å². The van der Waals surface area contributed by atoms with Crippen LogP contribution in [-0.4, -0.2) is 13.5 Å². The van der Waals surface area contributed by atoms with E-state index >= 15 is 0 Å². The molecule has 1 atom stereocenters. The van der Waals surface area contributed by atoms with E-state index < -0.39 is 12.4 Å². The number of hydrogen-bond donors (Lipinski definition) is 1. The van der Waals surface area contributed by atoms with E-state index in [0.29, 0.717) is 11.3 Å². The van der Waals surface area contributed by atoms with Gasteiger partial charge in [-0.25, -0.2) is 0 Å². The molecule has 0 bridgehead atoms. The van der Waals surface area contributed by atoms with Crippen molar-refractivity contribution in [1.82, 2.24) is 0 Å². The van der Waals surface area contributed by atoms with Crippen LogP contribution < -0.4 is 15.2 Å². The van der Waals surface area contributed by atoms with Crippen LogP contribution in [0.15, 0.2) is 18.2 Å². The maximum Gasteiger partial charge on any atom is 0.573 e. The first-order valence-corrected chi connectivity index (χ1v) is 5.74. The summed E-state index contributed by atoms with van der Waals surface area (Å²) in [4.78, 5) is 0. The van der Waals surface area contributed by atoms with Crippen LogP contribution in [0.5, 0.6) is 11.5 Å². The van der Waals surface area contributed by atoms with Crippen LogP contribution in [0.2, 0.25) is 0 Å². The SMILES string of the molecule is COc1ccc(OC(F)(F)F)cc1[C@@H](N)C(C)(C)C. The number of methoxy groups -OCH3 is 1. The van der Waals surface area contributed by atoms with Crippen LogP contribution >= 0.6 is 0 Å². The minimum Gasteiger partial charge on any atom is -0.496 e. The highest BCUT2D eigenvalue weighted by molar-refractivity contribution is 5.42. The minimum atomic E-state index is -4.72. The first-order chi connectivity index (χ1) is 8.54. The number of halogens is 3. The molecule has 1 aromatic rings. The first kappa shape index (κ1) is 15.6. The molecule has 2 N–H and O–H groups in total. The Morgan fingerprint density at radius 1 is 1.16 bits per heavy atom. The molecule has 0 spiro atoms. The molecule has 1 aromatic carbocycles. The van der Waals surface area contributed by atoms with Gasteiger partial charge in [0.15, 0.2) is 0 Å². The van der Waals surface area contributed by atoms with Gasteiger partial charge in [0.05, 0.1) is 7.11 Å². The number of alkyl halides is 3. The van der Waals surface area contributed by atoms with Crippen molar-refractivity contribution in [2.75, 3.05) is 7.11 Å². The molecule has 0 heterocycles. The van der Waals surface area contributed by atoms with Crippen molar-refractivity contribution in [2.24, 2.45) is 11.1 Å². The third kappa shape index (κ3) is 4.31. The Hall–Kier alpha value is -1.43. The van der Waals surface area contributed by atoms with Gasteiger partial charge in [-0.2, -0.15) is 0 Å². The molecule has 0 amide bonds. The van der Waals surface area contributed by atoms with Crippen molar-refractivity contribution in [1.29, 1.82) is 0 Å². The highest BCUT2D eigenvalue weighted by Crippen LogP contribution is 2.38. The second-order valence-electron chi connectivity index (χ2n) is 5.30. The van der Waals surface area contributed by atoms with Crippen LogP contribution in [0.25, 0.3) is 0 Å². The maximum atomic E-state index is 12.2. The molecule has 0 aliphatic heterocycles. The fourth-order valence-corrected chi connectivity index (χ4v) is 1.62. The Kier molecular flexibility index (Phi) is 4.35. The highest BCUT2D eigenvalue weighted by Gasteiger charge is 2.32. The zero-order valence-corrected chi connectivity index (χ0v) is 11.3. The lowest BCUT2D eigenvalue weighted by Gasteiger charge is -2.29. The zero-order chi connectivity index (χ0) is 14.8. The maximum absolute atomic E-state index is 12.2. The normalized spacial score (nSPS) is 14.1. The topological polar surface area (TPSA) is 44.5 Å². The van der Waals surface area contributed by atoms with Crippen LogP contribution in [0.4, 0.5) is 13.2 Å². The van der Waals surface area contributed by atoms with Crippen molar-refractivity contribution < 1.29 is 22.6 Å². The summed E-state index contributed by atoms with van der Waals surface area (Å²) in [5.74, 6) is 0.139. The highest BCUT2D eigenvalue weighted by atomic mass is 19.4. The molecular formula is C13H18F3NO2. The van der Waals surface area contributed by atoms with Gasteiger partial charge in [-0.05, 0) is 23.6 Å². The Labute approximate surface area is 110 Å². The van der Waals surface area contributed by atoms with Crippen LogP contribution in [0.1, 0.15) is 32.4 Å². The predicted octanol–water partition coefficient (Wildman–Crippen LogP) is 3.64. The summed E-state index contributed by atoms with van der Waals surface area (Å²) in [6.45, 7) is 5.69. The number of hydrogen-bond acceptors (Lipinski definition) is 3. The van der Waals surface area contributed by atoms with E-state index in [1.165, 1.54) is 25.3 Å². The third-order valence-corrected chi connectivity index (χ3v) is 2.70. The minimum absolute atomic E-state index is 0.303. The molecule has 0 aliphatic carbocycles. The van der Waals surface area contributed by atoms with Gasteiger partial charge >= 0.3 is 6.36 Å². The quantitative estimate of drug-likeness (QED) is 0.917. The molecule has 6 heteroatoms. The summed E-state index contributed by atoms with van der Waals surface area (Å²) >= 11 is 0. The largest absolute Gasteiger partial charge is 0.573 e. The number of ether oxygens (including phenoxy) is 2. The van der Waals surface area contributed by atoms with Gasteiger partial charge in [0.2, 0.25) is 0 Å². The summed E-state index contributed by atoms with van der Waals surface area (Å²) in [5.41, 5.74) is 6.23. The van der Waals surface area contributed by atoms with Crippen LogP contribution in [-0.2, 0) is 0 Å². The average molecular weight is 277 g/mol. The van der Waals surface area contributed by atoms with Crippen molar-refractivity contribution in [3.8, 4) is 11.5 Å². The summed E-state index contributed by atoms with van der Waals surface area (Å²) in [6.07, 6.45) is -4.72. The first-order valence-electron chi connectivity index (χ1n) is 5.74. The van der Waals surface area contributed by atoms with E-state index in [1.54, 1.807) is 0 Å². The summed E-state index contributed by atoms with van der Waals surface area (Å²) in [5, 5.41) is 0. The van der Waals surface area contributed by atoms with E-state index in [-0.39, 0.29) is 11.2 Å². The van der Waals surface area contributed by atoms with Gasteiger partial charge in [-0.1, -0.05) is 20.8 Å². The fourth-order valence-electron chi connectivity index (χ4n) is 1.62. The third-order valence-electron chi connectivity index (χ3n) is 2.70. The average Bonchev–Trinajstić information content (AvgIpc) is 2.24. The second kappa shape index (κ2) is 5.28. The molecule has 0 aliphatic rings. The van der Waals surface area contributed by atoms with Gasteiger partial charge in [-0.15, -0.1) is 13.2 Å². The number of nitrogens with two attached hydrogens (primary N) is 1. The van der Waals surface area contributed by atoms with Crippen molar-refractivity contribution in [3.05, 3.63) is 23.8 Å². The van der Waals surface area contributed by atoms with E-state index in [0.717, 1.165) is 0 Å². The van der Waals surface area contributed by atoms with E-state index in [2.05, 4.69) is 4.74 Å². The lowest BCUT2D eigenvalue weighted by atomic mass is 9.82. The van der Waals surface area contributed by atoms with Gasteiger partial charge in [0.25, 0.3) is 0 Å². The predicted molar refractivity (Wildman–Crippen MR) is 66.1 cm³/mol. The summed E-state index contributed by atoms with van der Waals surface area (Å²) < 4.78 is 45.6. The molecule has 0 saturated heterocycles. The van der Waals surface area contributed by atoms with Crippen molar-refractivity contribution in [2.45, 2.75) is 33.2 Å². The van der Waals surface area contributed by atoms with Gasteiger partial charge in [0.1, 0.15) is 11.5 Å². The molecule has 0 fully saturated rings. The summed E-state index contributed by atoms with van der Waals surface area (Å²) in [7, 11) is 1.44. The molecule has 1 rings (SSSR count). The zero-order valence-electron chi connectivity index (χ0n) is 11.3. The molecule has 108 valence electrons. The molecule has 0 saturated carbocycles. The van der Waals surface area contributed by atoms with Gasteiger partial charge < -0.3 is 15.2 Å².